The fraction of sp³-hybridized carbons (Fsp3) is 0.375. The molecule has 6 heteroatoms. The van der Waals surface area contributed by atoms with Gasteiger partial charge >= 0.3 is 0 Å². The molecule has 1 aromatic heterocycles. The molecule has 0 bridgehead atoms. The van der Waals surface area contributed by atoms with Gasteiger partial charge in [0.25, 0.3) is 5.91 Å². The second-order valence-electron chi connectivity index (χ2n) is 5.04. The molecule has 0 atom stereocenters. The maximum atomic E-state index is 12.3. The summed E-state index contributed by atoms with van der Waals surface area (Å²) >= 11 is 1.41. The minimum absolute atomic E-state index is 0.130. The molecule has 1 aromatic carbocycles. The van der Waals surface area contributed by atoms with Crippen LogP contribution in [0.5, 0.6) is 0 Å². The highest BCUT2D eigenvalue weighted by atomic mass is 32.1. The summed E-state index contributed by atoms with van der Waals surface area (Å²) in [7, 11) is 1.83. The number of unbranched alkanes of at least 4 members (excludes halogenated alkanes) is 1. The number of rotatable bonds is 7. The SMILES string of the molecule is CCCCNc1ccc(C(=O)Nc2ncc(NC)s2)c(C)c1. The van der Waals surface area contributed by atoms with Crippen molar-refractivity contribution in [2.75, 3.05) is 29.5 Å². The van der Waals surface area contributed by atoms with Crippen molar-refractivity contribution in [1.29, 1.82) is 0 Å². The molecule has 0 radical (unpaired) electrons. The zero-order valence-corrected chi connectivity index (χ0v) is 14.0. The Kier molecular flexibility index (Phi) is 5.77. The largest absolute Gasteiger partial charge is 0.385 e. The van der Waals surface area contributed by atoms with E-state index in [0.29, 0.717) is 10.7 Å². The Hall–Kier alpha value is -2.08. The summed E-state index contributed by atoms with van der Waals surface area (Å²) in [6.45, 7) is 5.06. The van der Waals surface area contributed by atoms with Crippen LogP contribution in [0.15, 0.2) is 24.4 Å². The number of aromatic nitrogens is 1. The number of carbonyl (C=O) groups excluding carboxylic acids is 1. The van der Waals surface area contributed by atoms with Gasteiger partial charge in [-0.1, -0.05) is 24.7 Å². The van der Waals surface area contributed by atoms with Gasteiger partial charge in [0.05, 0.1) is 6.20 Å². The van der Waals surface area contributed by atoms with Gasteiger partial charge in [0.2, 0.25) is 0 Å². The Morgan fingerprint density at radius 3 is 2.82 bits per heavy atom. The van der Waals surface area contributed by atoms with Crippen molar-refractivity contribution in [2.24, 2.45) is 0 Å². The lowest BCUT2D eigenvalue weighted by Crippen LogP contribution is -2.13. The Morgan fingerprint density at radius 2 is 2.18 bits per heavy atom. The maximum Gasteiger partial charge on any atom is 0.257 e. The van der Waals surface area contributed by atoms with Crippen molar-refractivity contribution >= 4 is 33.1 Å². The molecule has 1 amide bonds. The molecule has 5 nitrogen and oxygen atoms in total. The number of nitrogens with one attached hydrogen (secondary N) is 3. The lowest BCUT2D eigenvalue weighted by molar-refractivity contribution is 0.102. The molecule has 0 saturated carbocycles. The Morgan fingerprint density at radius 1 is 1.36 bits per heavy atom. The first-order valence-electron chi connectivity index (χ1n) is 7.43. The van der Waals surface area contributed by atoms with Crippen molar-refractivity contribution in [1.82, 2.24) is 4.98 Å². The second-order valence-corrected chi connectivity index (χ2v) is 6.07. The van der Waals surface area contributed by atoms with Crippen molar-refractivity contribution in [2.45, 2.75) is 26.7 Å². The molecule has 1 heterocycles. The normalized spacial score (nSPS) is 10.3. The van der Waals surface area contributed by atoms with E-state index in [1.165, 1.54) is 11.3 Å². The number of hydrogen-bond donors (Lipinski definition) is 3. The number of carbonyl (C=O) groups is 1. The van der Waals surface area contributed by atoms with Crippen molar-refractivity contribution < 1.29 is 4.79 Å². The van der Waals surface area contributed by atoms with E-state index in [2.05, 4.69) is 27.9 Å². The number of hydrogen-bond acceptors (Lipinski definition) is 5. The molecule has 22 heavy (non-hydrogen) atoms. The quantitative estimate of drug-likeness (QED) is 0.676. The second kappa shape index (κ2) is 7.79. The number of thiazole rings is 1. The van der Waals surface area contributed by atoms with E-state index in [1.54, 1.807) is 6.20 Å². The maximum absolute atomic E-state index is 12.3. The van der Waals surface area contributed by atoms with Crippen molar-refractivity contribution in [3.8, 4) is 0 Å². The predicted octanol–water partition coefficient (Wildman–Crippen LogP) is 3.96. The summed E-state index contributed by atoms with van der Waals surface area (Å²) < 4.78 is 0. The summed E-state index contributed by atoms with van der Waals surface area (Å²) in [6.07, 6.45) is 4.00. The minimum atomic E-state index is -0.130. The lowest BCUT2D eigenvalue weighted by atomic mass is 10.1. The topological polar surface area (TPSA) is 66.0 Å². The van der Waals surface area contributed by atoms with E-state index >= 15 is 0 Å². The zero-order chi connectivity index (χ0) is 15.9. The van der Waals surface area contributed by atoms with Gasteiger partial charge in [0.15, 0.2) is 5.13 Å². The molecule has 0 aliphatic heterocycles. The monoisotopic (exact) mass is 318 g/mol. The van der Waals surface area contributed by atoms with Crippen LogP contribution in [0.2, 0.25) is 0 Å². The minimum Gasteiger partial charge on any atom is -0.385 e. The Balaban J connectivity index is 2.03. The number of anilines is 3. The standard InChI is InChI=1S/C16H22N4OS/c1-4-5-8-18-12-6-7-13(11(2)9-12)15(21)20-16-19-10-14(17-3)22-16/h6-7,9-10,17-18H,4-5,8H2,1-3H3,(H,19,20,21). The highest BCUT2D eigenvalue weighted by Gasteiger charge is 2.11. The summed E-state index contributed by atoms with van der Waals surface area (Å²) in [4.78, 5) is 16.5. The first-order chi connectivity index (χ1) is 10.6. The van der Waals surface area contributed by atoms with Crippen LogP contribution < -0.4 is 16.0 Å². The molecule has 3 N–H and O–H groups in total. The number of nitrogens with zero attached hydrogens (tertiary/aromatic N) is 1. The van der Waals surface area contributed by atoms with Gasteiger partial charge in [-0.05, 0) is 37.1 Å². The lowest BCUT2D eigenvalue weighted by Gasteiger charge is -2.10. The van der Waals surface area contributed by atoms with E-state index in [4.69, 9.17) is 0 Å². The number of amides is 1. The molecule has 2 aromatic rings. The summed E-state index contributed by atoms with van der Waals surface area (Å²) in [5.74, 6) is -0.130. The van der Waals surface area contributed by atoms with Crippen LogP contribution in [0, 0.1) is 6.92 Å². The molecule has 0 fully saturated rings. The van der Waals surface area contributed by atoms with Gasteiger partial charge in [-0.25, -0.2) is 4.98 Å². The van der Waals surface area contributed by atoms with Crippen LogP contribution in [0.1, 0.15) is 35.7 Å². The van der Waals surface area contributed by atoms with Crippen LogP contribution in [0.3, 0.4) is 0 Å². The summed E-state index contributed by atoms with van der Waals surface area (Å²) in [5, 5.41) is 10.7. The van der Waals surface area contributed by atoms with Gasteiger partial charge in [-0.2, -0.15) is 0 Å². The first-order valence-corrected chi connectivity index (χ1v) is 8.25. The molecule has 0 aliphatic carbocycles. The van der Waals surface area contributed by atoms with Gasteiger partial charge in [-0.3, -0.25) is 10.1 Å². The summed E-state index contributed by atoms with van der Waals surface area (Å²) in [6, 6.07) is 5.80. The van der Waals surface area contributed by atoms with E-state index in [1.807, 2.05) is 32.2 Å². The van der Waals surface area contributed by atoms with Crippen LogP contribution in [0.4, 0.5) is 15.8 Å². The van der Waals surface area contributed by atoms with Crippen molar-refractivity contribution in [3.63, 3.8) is 0 Å². The average Bonchev–Trinajstić information content (AvgIpc) is 2.95. The molecule has 0 unspecified atom stereocenters. The Labute approximate surface area is 135 Å². The van der Waals surface area contributed by atoms with E-state index < -0.39 is 0 Å². The molecule has 0 spiro atoms. The fourth-order valence-electron chi connectivity index (χ4n) is 2.05. The van der Waals surface area contributed by atoms with Gasteiger partial charge in [0, 0.05) is 24.8 Å². The molecular weight excluding hydrogens is 296 g/mol. The highest BCUT2D eigenvalue weighted by Crippen LogP contribution is 2.23. The molecular formula is C16H22N4OS. The summed E-state index contributed by atoms with van der Waals surface area (Å²) in [5.41, 5.74) is 2.67. The van der Waals surface area contributed by atoms with Crippen LogP contribution >= 0.6 is 11.3 Å². The Bertz CT molecular complexity index is 639. The van der Waals surface area contributed by atoms with Crippen LogP contribution in [-0.4, -0.2) is 24.5 Å². The van der Waals surface area contributed by atoms with Gasteiger partial charge in [0.1, 0.15) is 5.00 Å². The third-order valence-electron chi connectivity index (χ3n) is 3.30. The van der Waals surface area contributed by atoms with Crippen LogP contribution in [0.25, 0.3) is 0 Å². The van der Waals surface area contributed by atoms with E-state index in [-0.39, 0.29) is 5.91 Å². The number of benzene rings is 1. The molecule has 0 aliphatic rings. The average molecular weight is 318 g/mol. The fourth-order valence-corrected chi connectivity index (χ4v) is 2.71. The van der Waals surface area contributed by atoms with Crippen molar-refractivity contribution in [3.05, 3.63) is 35.5 Å². The first kappa shape index (κ1) is 16.3. The molecule has 0 saturated heterocycles. The highest BCUT2D eigenvalue weighted by molar-refractivity contribution is 7.19. The predicted molar refractivity (Wildman–Crippen MR) is 94.2 cm³/mol. The number of aryl methyl sites for hydroxylation is 1. The van der Waals surface area contributed by atoms with Crippen LogP contribution in [-0.2, 0) is 0 Å². The van der Waals surface area contributed by atoms with E-state index in [0.717, 1.165) is 35.6 Å². The third-order valence-corrected chi connectivity index (χ3v) is 4.23. The zero-order valence-electron chi connectivity index (χ0n) is 13.2. The molecule has 2 rings (SSSR count). The smallest absolute Gasteiger partial charge is 0.257 e. The van der Waals surface area contributed by atoms with Gasteiger partial charge in [-0.15, -0.1) is 0 Å². The molecule has 118 valence electrons. The van der Waals surface area contributed by atoms with E-state index in [9.17, 15) is 4.79 Å². The third kappa shape index (κ3) is 4.21. The van der Waals surface area contributed by atoms with Gasteiger partial charge < -0.3 is 10.6 Å².